The normalized spacial score (nSPS) is 10.0. The highest BCUT2D eigenvalue weighted by atomic mass is 16.6. The van der Waals surface area contributed by atoms with Crippen LogP contribution in [-0.4, -0.2) is 21.8 Å². The monoisotopic (exact) mass is 329 g/mol. The van der Waals surface area contributed by atoms with Gasteiger partial charge in [0.15, 0.2) is 0 Å². The molecule has 0 atom stereocenters. The number of carbonyl (C=O) groups excluding carboxylic acids is 2. The van der Waals surface area contributed by atoms with E-state index in [1.165, 1.54) is 6.92 Å². The zero-order chi connectivity index (χ0) is 17.7. The number of nitrogens with zero attached hydrogens (tertiary/aromatic N) is 1. The minimum Gasteiger partial charge on any atom is -0.506 e. The fraction of sp³-hybridized carbons (Fsp3) is 0.125. The number of phenolic OH excluding ortho intramolecular Hbond substituents is 1. The van der Waals surface area contributed by atoms with E-state index in [1.807, 2.05) is 0 Å². The summed E-state index contributed by atoms with van der Waals surface area (Å²) in [5, 5.41) is 25.5. The average Bonchev–Trinajstić information content (AvgIpc) is 2.50. The van der Waals surface area contributed by atoms with E-state index in [4.69, 9.17) is 0 Å². The van der Waals surface area contributed by atoms with Crippen molar-refractivity contribution >= 4 is 28.9 Å². The number of hydrogen-bond acceptors (Lipinski definition) is 5. The molecule has 0 heterocycles. The smallest absolute Gasteiger partial charge is 0.271 e. The van der Waals surface area contributed by atoms with Gasteiger partial charge >= 0.3 is 0 Å². The summed E-state index contributed by atoms with van der Waals surface area (Å²) in [6.45, 7) is 1.40. The summed E-state index contributed by atoms with van der Waals surface area (Å²) in [6.07, 6.45) is 0.0164. The Morgan fingerprint density at radius 3 is 2.38 bits per heavy atom. The summed E-state index contributed by atoms with van der Waals surface area (Å²) >= 11 is 0. The quantitative estimate of drug-likeness (QED) is 0.442. The van der Waals surface area contributed by atoms with Crippen LogP contribution in [0.15, 0.2) is 42.5 Å². The number of carbonyl (C=O) groups is 2. The number of anilines is 2. The number of benzene rings is 2. The van der Waals surface area contributed by atoms with Crippen LogP contribution in [0.2, 0.25) is 0 Å². The SMILES string of the molecule is CC(=O)Nc1ccc(CC(=O)Nc2cc([N+](=O)[O-])ccc2O)cc1. The lowest BCUT2D eigenvalue weighted by Crippen LogP contribution is -2.14. The zero-order valence-corrected chi connectivity index (χ0v) is 12.8. The zero-order valence-electron chi connectivity index (χ0n) is 12.8. The molecule has 8 heteroatoms. The van der Waals surface area contributed by atoms with E-state index >= 15 is 0 Å². The molecule has 0 unspecified atom stereocenters. The maximum Gasteiger partial charge on any atom is 0.271 e. The topological polar surface area (TPSA) is 122 Å². The number of hydrogen-bond donors (Lipinski definition) is 3. The fourth-order valence-electron chi connectivity index (χ4n) is 2.03. The lowest BCUT2D eigenvalue weighted by molar-refractivity contribution is -0.384. The maximum atomic E-state index is 12.0. The summed E-state index contributed by atoms with van der Waals surface area (Å²) in [7, 11) is 0. The molecule has 8 nitrogen and oxygen atoms in total. The van der Waals surface area contributed by atoms with Gasteiger partial charge in [-0.15, -0.1) is 0 Å². The molecular weight excluding hydrogens is 314 g/mol. The number of nitrogens with one attached hydrogen (secondary N) is 2. The van der Waals surface area contributed by atoms with Crippen LogP contribution in [0.3, 0.4) is 0 Å². The van der Waals surface area contributed by atoms with Crippen molar-refractivity contribution in [2.45, 2.75) is 13.3 Å². The van der Waals surface area contributed by atoms with Crippen LogP contribution >= 0.6 is 0 Å². The third-order valence-electron chi connectivity index (χ3n) is 3.10. The van der Waals surface area contributed by atoms with Crippen LogP contribution in [0, 0.1) is 10.1 Å². The maximum absolute atomic E-state index is 12.0. The third kappa shape index (κ3) is 4.54. The molecule has 2 amide bonds. The highest BCUT2D eigenvalue weighted by Crippen LogP contribution is 2.27. The van der Waals surface area contributed by atoms with Crippen molar-refractivity contribution in [3.05, 3.63) is 58.1 Å². The molecular formula is C16H15N3O5. The number of aromatic hydroxyl groups is 1. The van der Waals surface area contributed by atoms with E-state index in [2.05, 4.69) is 10.6 Å². The molecule has 0 aliphatic rings. The Hall–Kier alpha value is -3.42. The van der Waals surface area contributed by atoms with E-state index in [-0.39, 0.29) is 29.5 Å². The highest BCUT2D eigenvalue weighted by Gasteiger charge is 2.13. The van der Waals surface area contributed by atoms with E-state index < -0.39 is 10.8 Å². The molecule has 24 heavy (non-hydrogen) atoms. The van der Waals surface area contributed by atoms with Crippen LogP contribution in [-0.2, 0) is 16.0 Å². The Morgan fingerprint density at radius 2 is 1.79 bits per heavy atom. The van der Waals surface area contributed by atoms with Crippen LogP contribution in [0.5, 0.6) is 5.75 Å². The van der Waals surface area contributed by atoms with Crippen molar-refractivity contribution in [2.24, 2.45) is 0 Å². The first-order valence-corrected chi connectivity index (χ1v) is 6.99. The third-order valence-corrected chi connectivity index (χ3v) is 3.10. The number of nitro groups is 1. The predicted octanol–water partition coefficient (Wildman–Crippen LogP) is 2.44. The standard InChI is InChI=1S/C16H15N3O5/c1-10(20)17-12-4-2-11(3-5-12)8-16(22)18-14-9-13(19(23)24)6-7-15(14)21/h2-7,9,21H,8H2,1H3,(H,17,20)(H,18,22). The molecule has 3 N–H and O–H groups in total. The Bertz CT molecular complexity index is 787. The summed E-state index contributed by atoms with van der Waals surface area (Å²) in [4.78, 5) is 33.1. The molecule has 0 saturated carbocycles. The summed E-state index contributed by atoms with van der Waals surface area (Å²) in [5.74, 6) is -0.880. The van der Waals surface area contributed by atoms with Gasteiger partial charge < -0.3 is 15.7 Å². The van der Waals surface area contributed by atoms with Crippen molar-refractivity contribution < 1.29 is 19.6 Å². The van der Waals surface area contributed by atoms with Gasteiger partial charge in [0.05, 0.1) is 17.0 Å². The van der Waals surface area contributed by atoms with Gasteiger partial charge in [-0.3, -0.25) is 19.7 Å². The first-order chi connectivity index (χ1) is 11.3. The molecule has 124 valence electrons. The molecule has 0 fully saturated rings. The number of rotatable bonds is 5. The molecule has 0 aromatic heterocycles. The van der Waals surface area contributed by atoms with Gasteiger partial charge in [0.25, 0.3) is 5.69 Å². The largest absolute Gasteiger partial charge is 0.506 e. The molecule has 0 aliphatic carbocycles. The number of phenols is 1. The summed E-state index contributed by atoms with van der Waals surface area (Å²) < 4.78 is 0. The van der Waals surface area contributed by atoms with Crippen LogP contribution in [0.25, 0.3) is 0 Å². The van der Waals surface area contributed by atoms with Gasteiger partial charge in [-0.1, -0.05) is 12.1 Å². The first-order valence-electron chi connectivity index (χ1n) is 6.99. The van der Waals surface area contributed by atoms with Gasteiger partial charge in [0.1, 0.15) is 5.75 Å². The van der Waals surface area contributed by atoms with Gasteiger partial charge in [-0.05, 0) is 23.8 Å². The van der Waals surface area contributed by atoms with Crippen LogP contribution in [0.4, 0.5) is 17.1 Å². The van der Waals surface area contributed by atoms with Gasteiger partial charge in [0.2, 0.25) is 11.8 Å². The van der Waals surface area contributed by atoms with Crippen molar-refractivity contribution in [1.82, 2.24) is 0 Å². The van der Waals surface area contributed by atoms with Gasteiger partial charge in [-0.2, -0.15) is 0 Å². The Labute approximate surface area is 137 Å². The molecule has 2 aromatic rings. The first kappa shape index (κ1) is 16.9. The fourth-order valence-corrected chi connectivity index (χ4v) is 2.03. The predicted molar refractivity (Wildman–Crippen MR) is 87.8 cm³/mol. The molecule has 0 radical (unpaired) electrons. The van der Waals surface area contributed by atoms with E-state index in [0.29, 0.717) is 11.3 Å². The van der Waals surface area contributed by atoms with Gasteiger partial charge in [0, 0.05) is 24.7 Å². The average molecular weight is 329 g/mol. The molecule has 2 aromatic carbocycles. The van der Waals surface area contributed by atoms with Crippen molar-refractivity contribution in [2.75, 3.05) is 10.6 Å². The second kappa shape index (κ2) is 7.23. The van der Waals surface area contributed by atoms with Crippen LogP contribution in [0.1, 0.15) is 12.5 Å². The van der Waals surface area contributed by atoms with E-state index in [9.17, 15) is 24.8 Å². The number of non-ortho nitro benzene ring substituents is 1. The van der Waals surface area contributed by atoms with Crippen molar-refractivity contribution in [3.63, 3.8) is 0 Å². The molecule has 0 saturated heterocycles. The van der Waals surface area contributed by atoms with Crippen molar-refractivity contribution in [3.8, 4) is 5.75 Å². The molecule has 2 rings (SSSR count). The number of nitro benzene ring substituents is 1. The van der Waals surface area contributed by atoms with Gasteiger partial charge in [-0.25, -0.2) is 0 Å². The minimum absolute atomic E-state index is 0.0164. The lowest BCUT2D eigenvalue weighted by atomic mass is 10.1. The van der Waals surface area contributed by atoms with E-state index in [1.54, 1.807) is 24.3 Å². The molecule has 0 spiro atoms. The summed E-state index contributed by atoms with van der Waals surface area (Å²) in [5.41, 5.74) is 1.04. The molecule has 0 bridgehead atoms. The second-order valence-corrected chi connectivity index (χ2v) is 5.06. The molecule has 0 aliphatic heterocycles. The second-order valence-electron chi connectivity index (χ2n) is 5.06. The minimum atomic E-state index is -0.615. The lowest BCUT2D eigenvalue weighted by Gasteiger charge is -2.08. The number of amides is 2. The summed E-state index contributed by atoms with van der Waals surface area (Å²) in [6, 6.07) is 10.1. The van der Waals surface area contributed by atoms with Crippen molar-refractivity contribution in [1.29, 1.82) is 0 Å². The Kier molecular flexibility index (Phi) is 5.10. The Balaban J connectivity index is 2.04. The Morgan fingerprint density at radius 1 is 1.12 bits per heavy atom. The van der Waals surface area contributed by atoms with Crippen LogP contribution < -0.4 is 10.6 Å². The van der Waals surface area contributed by atoms with E-state index in [0.717, 1.165) is 18.2 Å². The highest BCUT2D eigenvalue weighted by molar-refractivity contribution is 5.94.